The molecule has 2 aromatic carbocycles. The van der Waals surface area contributed by atoms with Crippen LogP contribution < -0.4 is 0 Å². The standard InChI is InChI=1S/C31H34O13/c1-15-20-21(18(29(38)39-2)14-40-30(20)44-31-24(35)23(34)22(33)19(13-32)41-31)26(43-28(37)17-11-7-4-8-12-17)25(15)42-27(36)16-9-5-3-6-10-16/h3-12,14-15,19-26,30-35H,13H2,1-2H3. The molecule has 1 saturated heterocycles. The molecule has 0 amide bonds. The number of carbonyl (C=O) groups excluding carboxylic acids is 3. The van der Waals surface area contributed by atoms with E-state index in [2.05, 4.69) is 0 Å². The van der Waals surface area contributed by atoms with E-state index < -0.39 is 91.5 Å². The number of aliphatic hydroxyl groups excluding tert-OH is 4. The molecule has 4 N–H and O–H groups in total. The van der Waals surface area contributed by atoms with Gasteiger partial charge in [-0.15, -0.1) is 0 Å². The molecular weight excluding hydrogens is 580 g/mol. The van der Waals surface area contributed by atoms with E-state index in [1.165, 1.54) is 7.11 Å². The van der Waals surface area contributed by atoms with Gasteiger partial charge in [-0.25, -0.2) is 14.4 Å². The summed E-state index contributed by atoms with van der Waals surface area (Å²) in [5, 5.41) is 40.7. The van der Waals surface area contributed by atoms with E-state index >= 15 is 0 Å². The Bertz CT molecular complexity index is 1350. The van der Waals surface area contributed by atoms with Crippen molar-refractivity contribution in [2.75, 3.05) is 13.7 Å². The molecule has 1 aliphatic carbocycles. The van der Waals surface area contributed by atoms with Crippen molar-refractivity contribution < 1.29 is 63.2 Å². The second-order valence-corrected chi connectivity index (χ2v) is 10.8. The van der Waals surface area contributed by atoms with E-state index in [-0.39, 0.29) is 16.7 Å². The first kappa shape index (κ1) is 31.6. The Morgan fingerprint density at radius 3 is 1.89 bits per heavy atom. The SMILES string of the molecule is COC(=O)C1=COC(OC2OC(CO)C(O)C(O)C2O)C2C(C)C(OC(=O)c3ccccc3)C(OC(=O)c3ccccc3)C12. The van der Waals surface area contributed by atoms with Crippen LogP contribution in [0, 0.1) is 17.8 Å². The molecule has 0 spiro atoms. The second kappa shape index (κ2) is 13.4. The number of aliphatic hydroxyl groups is 4. The molecule has 2 fully saturated rings. The van der Waals surface area contributed by atoms with Gasteiger partial charge >= 0.3 is 17.9 Å². The minimum absolute atomic E-state index is 0.0119. The Hall–Kier alpha value is -3.85. The van der Waals surface area contributed by atoms with Crippen LogP contribution in [0.15, 0.2) is 72.5 Å². The number of carbonyl (C=O) groups is 3. The molecule has 1 saturated carbocycles. The summed E-state index contributed by atoms with van der Waals surface area (Å²) in [6.07, 6.45) is -10.4. The van der Waals surface area contributed by atoms with Crippen molar-refractivity contribution in [3.8, 4) is 0 Å². The number of rotatable bonds is 8. The molecule has 11 unspecified atom stereocenters. The summed E-state index contributed by atoms with van der Waals surface area (Å²) in [6, 6.07) is 16.3. The van der Waals surface area contributed by atoms with Crippen molar-refractivity contribution in [1.29, 1.82) is 0 Å². The van der Waals surface area contributed by atoms with Crippen LogP contribution in [-0.4, -0.2) is 101 Å². The fraction of sp³-hybridized carbons (Fsp3) is 0.452. The Morgan fingerprint density at radius 1 is 0.773 bits per heavy atom. The molecule has 3 aliphatic rings. The normalized spacial score (nSPS) is 34.6. The Labute approximate surface area is 252 Å². The van der Waals surface area contributed by atoms with Gasteiger partial charge in [-0.1, -0.05) is 43.3 Å². The van der Waals surface area contributed by atoms with Crippen LogP contribution in [0.25, 0.3) is 0 Å². The van der Waals surface area contributed by atoms with Gasteiger partial charge in [0.2, 0.25) is 6.29 Å². The minimum Gasteiger partial charge on any atom is -0.472 e. The molecule has 0 aromatic heterocycles. The van der Waals surface area contributed by atoms with Crippen LogP contribution in [0.1, 0.15) is 27.6 Å². The van der Waals surface area contributed by atoms with Crippen molar-refractivity contribution in [2.24, 2.45) is 17.8 Å². The van der Waals surface area contributed by atoms with Gasteiger partial charge in [0, 0.05) is 17.8 Å². The van der Waals surface area contributed by atoms with Gasteiger partial charge in [0.25, 0.3) is 0 Å². The van der Waals surface area contributed by atoms with E-state index in [0.29, 0.717) is 0 Å². The van der Waals surface area contributed by atoms with Gasteiger partial charge < -0.3 is 48.8 Å². The summed E-state index contributed by atoms with van der Waals surface area (Å²) in [5.74, 6) is -4.74. The summed E-state index contributed by atoms with van der Waals surface area (Å²) in [6.45, 7) is 1.02. The molecule has 0 radical (unpaired) electrons. The number of methoxy groups -OCH3 is 1. The maximum absolute atomic E-state index is 13.3. The first-order valence-corrected chi connectivity index (χ1v) is 14.1. The van der Waals surface area contributed by atoms with Crippen LogP contribution in [-0.2, 0) is 33.2 Å². The molecule has 13 nitrogen and oxygen atoms in total. The lowest BCUT2D eigenvalue weighted by molar-refractivity contribution is -0.343. The predicted octanol–water partition coefficient (Wildman–Crippen LogP) is 0.549. The lowest BCUT2D eigenvalue weighted by atomic mass is 9.82. The molecule has 2 aromatic rings. The molecule has 5 rings (SSSR count). The third kappa shape index (κ3) is 6.07. The monoisotopic (exact) mass is 614 g/mol. The van der Waals surface area contributed by atoms with Gasteiger partial charge in [-0.3, -0.25) is 0 Å². The zero-order valence-corrected chi connectivity index (χ0v) is 23.9. The van der Waals surface area contributed by atoms with E-state index in [9.17, 15) is 34.8 Å². The highest BCUT2D eigenvalue weighted by Gasteiger charge is 2.61. The summed E-state index contributed by atoms with van der Waals surface area (Å²) in [7, 11) is 1.17. The zero-order chi connectivity index (χ0) is 31.5. The third-order valence-corrected chi connectivity index (χ3v) is 8.26. The maximum Gasteiger partial charge on any atom is 0.338 e. The first-order chi connectivity index (χ1) is 21.2. The van der Waals surface area contributed by atoms with E-state index in [0.717, 1.165) is 6.26 Å². The molecule has 44 heavy (non-hydrogen) atoms. The first-order valence-electron chi connectivity index (χ1n) is 14.1. The van der Waals surface area contributed by atoms with Crippen LogP contribution in [0.4, 0.5) is 0 Å². The van der Waals surface area contributed by atoms with Crippen molar-refractivity contribution in [1.82, 2.24) is 0 Å². The van der Waals surface area contributed by atoms with E-state index in [1.54, 1.807) is 67.6 Å². The van der Waals surface area contributed by atoms with E-state index in [1.807, 2.05) is 0 Å². The summed E-state index contributed by atoms with van der Waals surface area (Å²) in [4.78, 5) is 39.5. The van der Waals surface area contributed by atoms with Crippen molar-refractivity contribution in [3.05, 3.63) is 83.6 Å². The van der Waals surface area contributed by atoms with Crippen molar-refractivity contribution >= 4 is 17.9 Å². The van der Waals surface area contributed by atoms with E-state index in [4.69, 9.17) is 28.4 Å². The number of hydrogen-bond donors (Lipinski definition) is 4. The van der Waals surface area contributed by atoms with Crippen LogP contribution in [0.2, 0.25) is 0 Å². The molecule has 2 heterocycles. The third-order valence-electron chi connectivity index (χ3n) is 8.26. The Balaban J connectivity index is 1.51. The highest BCUT2D eigenvalue weighted by atomic mass is 16.8. The molecule has 13 heteroatoms. The highest BCUT2D eigenvalue weighted by molar-refractivity contribution is 5.91. The largest absolute Gasteiger partial charge is 0.472 e. The molecule has 2 aliphatic heterocycles. The van der Waals surface area contributed by atoms with Crippen LogP contribution in [0.5, 0.6) is 0 Å². The number of benzene rings is 2. The number of esters is 3. The van der Waals surface area contributed by atoms with Gasteiger partial charge in [0.05, 0.1) is 36.7 Å². The topological polar surface area (TPSA) is 188 Å². The quantitative estimate of drug-likeness (QED) is 0.239. The average Bonchev–Trinajstić information content (AvgIpc) is 3.32. The highest BCUT2D eigenvalue weighted by Crippen LogP contribution is 2.50. The number of hydrogen-bond acceptors (Lipinski definition) is 13. The average molecular weight is 615 g/mol. The van der Waals surface area contributed by atoms with Crippen LogP contribution in [0.3, 0.4) is 0 Å². The lowest BCUT2D eigenvalue weighted by Crippen LogP contribution is -2.60. The predicted molar refractivity (Wildman–Crippen MR) is 147 cm³/mol. The summed E-state index contributed by atoms with van der Waals surface area (Å²) >= 11 is 0. The van der Waals surface area contributed by atoms with Gasteiger partial charge in [-0.2, -0.15) is 0 Å². The Morgan fingerprint density at radius 2 is 1.34 bits per heavy atom. The van der Waals surface area contributed by atoms with Crippen molar-refractivity contribution in [2.45, 2.75) is 56.1 Å². The molecular formula is C31H34O13. The van der Waals surface area contributed by atoms with Crippen molar-refractivity contribution in [3.63, 3.8) is 0 Å². The summed E-state index contributed by atoms with van der Waals surface area (Å²) in [5.41, 5.74) is 0.459. The number of ether oxygens (including phenoxy) is 6. The minimum atomic E-state index is -1.74. The zero-order valence-electron chi connectivity index (χ0n) is 23.9. The molecule has 0 bridgehead atoms. The smallest absolute Gasteiger partial charge is 0.338 e. The van der Waals surface area contributed by atoms with Crippen LogP contribution >= 0.6 is 0 Å². The number of fused-ring (bicyclic) bond motifs is 1. The summed E-state index contributed by atoms with van der Waals surface area (Å²) < 4.78 is 34.2. The fourth-order valence-corrected chi connectivity index (χ4v) is 5.96. The lowest BCUT2D eigenvalue weighted by Gasteiger charge is -2.43. The van der Waals surface area contributed by atoms with Gasteiger partial charge in [0.1, 0.15) is 36.6 Å². The maximum atomic E-state index is 13.3. The Kier molecular flexibility index (Phi) is 9.63. The molecule has 236 valence electrons. The van der Waals surface area contributed by atoms with Gasteiger partial charge in [-0.05, 0) is 24.3 Å². The second-order valence-electron chi connectivity index (χ2n) is 10.8. The van der Waals surface area contributed by atoms with Gasteiger partial charge in [0.15, 0.2) is 6.29 Å². The fourth-order valence-electron chi connectivity index (χ4n) is 5.96. The molecule has 11 atom stereocenters.